The number of nitrogens with zero attached hydrogens (tertiary/aromatic N) is 1. The number of pyridine rings is 1. The summed E-state index contributed by atoms with van der Waals surface area (Å²) in [6, 6.07) is 15.2. The summed E-state index contributed by atoms with van der Waals surface area (Å²) in [5, 5.41) is 0.613. The molecule has 0 radical (unpaired) electrons. The Bertz CT molecular complexity index is 1700. The van der Waals surface area contributed by atoms with Gasteiger partial charge in [0.05, 0.1) is 24.6 Å². The number of methoxy groups -OCH3 is 1. The minimum absolute atomic E-state index is 0.0174. The molecule has 0 saturated heterocycles. The Hall–Kier alpha value is -4.24. The molecule has 5 rings (SSSR count). The number of ether oxygens (including phenoxy) is 3. The number of rotatable bonds is 16. The molecule has 0 amide bonds. The van der Waals surface area contributed by atoms with Gasteiger partial charge < -0.3 is 14.2 Å². The van der Waals surface area contributed by atoms with Gasteiger partial charge in [-0.2, -0.15) is 12.6 Å². The lowest BCUT2D eigenvalue weighted by Gasteiger charge is -2.15. The molecule has 1 aliphatic carbocycles. The summed E-state index contributed by atoms with van der Waals surface area (Å²) in [4.78, 5) is 30.6. The number of carbonyl (C=O) groups excluding carboxylic acids is 2. The number of unbranched alkanes of at least 4 members (excludes halogenated alkanes) is 1. The van der Waals surface area contributed by atoms with Gasteiger partial charge in [0.2, 0.25) is 0 Å². The van der Waals surface area contributed by atoms with Gasteiger partial charge in [0, 0.05) is 30.5 Å². The third-order valence-corrected chi connectivity index (χ3v) is 8.22. The summed E-state index contributed by atoms with van der Waals surface area (Å²) >= 11 is 4.21. The molecule has 234 valence electrons. The van der Waals surface area contributed by atoms with Crippen molar-refractivity contribution >= 4 is 35.1 Å². The molecule has 1 heterocycles. The van der Waals surface area contributed by atoms with E-state index in [9.17, 15) is 14.0 Å². The third-order valence-electron chi connectivity index (χ3n) is 7.90. The molecule has 0 aliphatic heterocycles. The first-order chi connectivity index (χ1) is 21.8. The number of allylic oxidation sites excluding steroid dienone is 1. The van der Waals surface area contributed by atoms with Crippen molar-refractivity contribution in [2.45, 2.75) is 44.9 Å². The van der Waals surface area contributed by atoms with Crippen molar-refractivity contribution in [1.82, 2.24) is 4.98 Å². The molecule has 3 aromatic carbocycles. The number of Topliss-reactive ketones (excluding diaryl/α,β-unsaturated/α-hetero) is 2. The van der Waals surface area contributed by atoms with E-state index in [1.165, 1.54) is 24.3 Å². The SMILES string of the molecule is COc1cc2c(Oc3ccc(CC(=O)C4(C(=O)Cc5ccc(F)cc5)CC4)cc3F)ccnc2cc1OCC/C=C/CCCS. The first-order valence-corrected chi connectivity index (χ1v) is 15.6. The van der Waals surface area contributed by atoms with Crippen LogP contribution >= 0.6 is 12.6 Å². The quantitative estimate of drug-likeness (QED) is 0.0584. The molecular weight excluding hydrogens is 596 g/mol. The minimum Gasteiger partial charge on any atom is -0.493 e. The van der Waals surface area contributed by atoms with E-state index in [2.05, 4.69) is 29.8 Å². The van der Waals surface area contributed by atoms with Crippen LogP contribution in [0.15, 0.2) is 79.0 Å². The maximum Gasteiger partial charge on any atom is 0.166 e. The van der Waals surface area contributed by atoms with Gasteiger partial charge in [0.25, 0.3) is 0 Å². The first-order valence-electron chi connectivity index (χ1n) is 15.0. The zero-order valence-electron chi connectivity index (χ0n) is 25.1. The van der Waals surface area contributed by atoms with E-state index in [0.29, 0.717) is 58.7 Å². The summed E-state index contributed by atoms with van der Waals surface area (Å²) < 4.78 is 45.9. The van der Waals surface area contributed by atoms with E-state index >= 15 is 4.39 Å². The van der Waals surface area contributed by atoms with Gasteiger partial charge in [0.15, 0.2) is 34.6 Å². The smallest absolute Gasteiger partial charge is 0.166 e. The predicted octanol–water partition coefficient (Wildman–Crippen LogP) is 8.05. The van der Waals surface area contributed by atoms with Crippen LogP contribution in [-0.2, 0) is 22.4 Å². The molecule has 6 nitrogen and oxygen atoms in total. The van der Waals surface area contributed by atoms with E-state index in [-0.39, 0.29) is 36.0 Å². The van der Waals surface area contributed by atoms with E-state index in [0.717, 1.165) is 25.0 Å². The van der Waals surface area contributed by atoms with Crippen molar-refractivity contribution < 1.29 is 32.6 Å². The van der Waals surface area contributed by atoms with Crippen LogP contribution in [0.5, 0.6) is 23.0 Å². The highest BCUT2D eigenvalue weighted by Crippen LogP contribution is 2.49. The fourth-order valence-electron chi connectivity index (χ4n) is 5.18. The van der Waals surface area contributed by atoms with Crippen molar-refractivity contribution in [2.75, 3.05) is 19.5 Å². The molecule has 0 unspecified atom stereocenters. The highest BCUT2D eigenvalue weighted by Gasteiger charge is 2.54. The Labute approximate surface area is 266 Å². The number of ketones is 2. The highest BCUT2D eigenvalue weighted by atomic mass is 32.1. The van der Waals surface area contributed by atoms with E-state index in [1.54, 1.807) is 49.7 Å². The fraction of sp³-hybridized carbons (Fsp3) is 0.306. The van der Waals surface area contributed by atoms with Crippen LogP contribution < -0.4 is 14.2 Å². The Balaban J connectivity index is 1.25. The molecule has 0 N–H and O–H groups in total. The number of fused-ring (bicyclic) bond motifs is 1. The van der Waals surface area contributed by atoms with Gasteiger partial charge in [0.1, 0.15) is 11.6 Å². The normalized spacial score (nSPS) is 13.6. The zero-order chi connectivity index (χ0) is 31.8. The summed E-state index contributed by atoms with van der Waals surface area (Å²) in [5.41, 5.74) is 0.641. The van der Waals surface area contributed by atoms with Crippen LogP contribution in [0.4, 0.5) is 8.78 Å². The summed E-state index contributed by atoms with van der Waals surface area (Å²) in [5.74, 6) is 0.811. The highest BCUT2D eigenvalue weighted by molar-refractivity contribution is 7.80. The molecule has 0 atom stereocenters. The second-order valence-corrected chi connectivity index (χ2v) is 11.5. The van der Waals surface area contributed by atoms with Gasteiger partial charge in [-0.1, -0.05) is 30.4 Å². The number of halogens is 2. The number of thiol groups is 1. The average Bonchev–Trinajstić information content (AvgIpc) is 3.85. The Morgan fingerprint density at radius 3 is 2.27 bits per heavy atom. The van der Waals surface area contributed by atoms with Gasteiger partial charge in [-0.3, -0.25) is 14.6 Å². The number of benzene rings is 3. The molecule has 1 saturated carbocycles. The van der Waals surface area contributed by atoms with Gasteiger partial charge in [-0.25, -0.2) is 8.78 Å². The van der Waals surface area contributed by atoms with Gasteiger partial charge in [-0.05, 0) is 85.4 Å². The number of carbonyl (C=O) groups is 2. The zero-order valence-corrected chi connectivity index (χ0v) is 26.0. The number of aromatic nitrogens is 1. The van der Waals surface area contributed by atoms with Crippen molar-refractivity contribution in [1.29, 1.82) is 0 Å². The standard InChI is InChI=1S/C36H35F2NO5S/c1-42-32-22-27-29(23-33(32)43-17-5-3-2-4-6-18-45)39-16-13-30(27)44-31-12-9-25(19-28(31)38)21-35(41)36(14-15-36)34(40)20-24-7-10-26(37)11-8-24/h2-3,7-13,16,19,22-23,45H,4-6,14-15,17-18,20-21H2,1H3/b3-2+. The van der Waals surface area contributed by atoms with Crippen LogP contribution in [0, 0.1) is 17.0 Å². The van der Waals surface area contributed by atoms with Crippen molar-refractivity contribution in [3.05, 3.63) is 102 Å². The molecule has 4 aromatic rings. The van der Waals surface area contributed by atoms with Crippen LogP contribution in [-0.4, -0.2) is 36.0 Å². The molecule has 45 heavy (non-hydrogen) atoms. The molecule has 9 heteroatoms. The van der Waals surface area contributed by atoms with Crippen LogP contribution in [0.3, 0.4) is 0 Å². The third kappa shape index (κ3) is 7.89. The van der Waals surface area contributed by atoms with E-state index < -0.39 is 11.2 Å². The van der Waals surface area contributed by atoms with Crippen LogP contribution in [0.25, 0.3) is 10.9 Å². The van der Waals surface area contributed by atoms with Crippen LogP contribution in [0.2, 0.25) is 0 Å². The average molecular weight is 632 g/mol. The number of hydrogen-bond donors (Lipinski definition) is 1. The molecule has 0 spiro atoms. The molecule has 1 fully saturated rings. The van der Waals surface area contributed by atoms with Crippen LogP contribution in [0.1, 0.15) is 43.2 Å². The van der Waals surface area contributed by atoms with Crippen molar-refractivity contribution in [3.8, 4) is 23.0 Å². The van der Waals surface area contributed by atoms with Gasteiger partial charge >= 0.3 is 0 Å². The van der Waals surface area contributed by atoms with E-state index in [4.69, 9.17) is 14.2 Å². The topological polar surface area (TPSA) is 74.7 Å². The maximum atomic E-state index is 15.3. The van der Waals surface area contributed by atoms with Crippen molar-refractivity contribution in [2.24, 2.45) is 5.41 Å². The van der Waals surface area contributed by atoms with Gasteiger partial charge in [-0.15, -0.1) is 0 Å². The lowest BCUT2D eigenvalue weighted by Crippen LogP contribution is -2.28. The largest absolute Gasteiger partial charge is 0.493 e. The Morgan fingerprint density at radius 1 is 0.867 bits per heavy atom. The fourth-order valence-corrected chi connectivity index (χ4v) is 5.36. The summed E-state index contributed by atoms with van der Waals surface area (Å²) in [6.07, 6.45) is 9.45. The number of hydrogen-bond acceptors (Lipinski definition) is 7. The maximum absolute atomic E-state index is 15.3. The minimum atomic E-state index is -1.06. The van der Waals surface area contributed by atoms with E-state index in [1.807, 2.05) is 0 Å². The monoisotopic (exact) mass is 631 g/mol. The summed E-state index contributed by atoms with van der Waals surface area (Å²) in [7, 11) is 1.55. The Morgan fingerprint density at radius 2 is 1.58 bits per heavy atom. The predicted molar refractivity (Wildman–Crippen MR) is 173 cm³/mol. The molecule has 0 bridgehead atoms. The lowest BCUT2D eigenvalue weighted by molar-refractivity contribution is -0.133. The summed E-state index contributed by atoms with van der Waals surface area (Å²) in [6.45, 7) is 0.471. The second-order valence-electron chi connectivity index (χ2n) is 11.1. The Kier molecular flexibility index (Phi) is 10.5. The lowest BCUT2D eigenvalue weighted by atomic mass is 9.88. The van der Waals surface area contributed by atoms with Crippen molar-refractivity contribution in [3.63, 3.8) is 0 Å². The molecular formula is C36H35F2NO5S. The molecule has 1 aliphatic rings. The molecule has 1 aromatic heterocycles. The second kappa shape index (κ2) is 14.7. The first kappa shape index (κ1) is 32.2.